The number of hydrogen-bond donors (Lipinski definition) is 0. The number of carbonyl (C=O) groups excluding carboxylic acids is 1. The zero-order valence-electron chi connectivity index (χ0n) is 15.2. The maximum absolute atomic E-state index is 13.3. The van der Waals surface area contributed by atoms with Crippen molar-refractivity contribution >= 4 is 5.91 Å². The third kappa shape index (κ3) is 3.39. The van der Waals surface area contributed by atoms with E-state index < -0.39 is 0 Å². The molecule has 4 nitrogen and oxygen atoms in total. The average Bonchev–Trinajstić information content (AvgIpc) is 2.87. The Morgan fingerprint density at radius 3 is 2.27 bits per heavy atom. The van der Waals surface area contributed by atoms with Crippen LogP contribution in [0.2, 0.25) is 0 Å². The average molecular weight is 355 g/mol. The Bertz CT molecular complexity index is 773. The molecule has 4 rings (SSSR count). The molecule has 1 aliphatic heterocycles. The topological polar surface area (TPSA) is 38.1 Å². The van der Waals surface area contributed by atoms with E-state index in [1.165, 1.54) is 31.4 Å². The number of likely N-dealkylation sites (tertiary alicyclic amines) is 1. The molecule has 0 radical (unpaired) electrons. The molecule has 0 bridgehead atoms. The van der Waals surface area contributed by atoms with Crippen LogP contribution >= 0.6 is 0 Å². The molecule has 0 unspecified atom stereocenters. The monoisotopic (exact) mass is 355 g/mol. The van der Waals surface area contributed by atoms with E-state index in [-0.39, 0.29) is 11.7 Å². The van der Waals surface area contributed by atoms with Crippen LogP contribution in [0.15, 0.2) is 24.3 Å². The lowest BCUT2D eigenvalue weighted by Gasteiger charge is -2.19. The summed E-state index contributed by atoms with van der Waals surface area (Å²) in [4.78, 5) is 15.2. The highest BCUT2D eigenvalue weighted by Gasteiger charge is 2.28. The van der Waals surface area contributed by atoms with Crippen molar-refractivity contribution in [1.29, 1.82) is 0 Å². The van der Waals surface area contributed by atoms with Gasteiger partial charge in [0.2, 0.25) is 0 Å². The largest absolute Gasteiger partial charge is 0.337 e. The van der Waals surface area contributed by atoms with Gasteiger partial charge >= 0.3 is 0 Å². The lowest BCUT2D eigenvalue weighted by Crippen LogP contribution is -2.32. The predicted molar refractivity (Wildman–Crippen MR) is 99.2 cm³/mol. The molecule has 5 heteroatoms. The molecule has 0 atom stereocenters. The summed E-state index contributed by atoms with van der Waals surface area (Å²) < 4.78 is 15.2. The maximum Gasteiger partial charge on any atom is 0.274 e. The van der Waals surface area contributed by atoms with Crippen LogP contribution < -0.4 is 0 Å². The van der Waals surface area contributed by atoms with Crippen LogP contribution in [0, 0.1) is 5.82 Å². The third-order valence-electron chi connectivity index (χ3n) is 5.60. The number of hydrogen-bond acceptors (Lipinski definition) is 2. The second kappa shape index (κ2) is 7.60. The van der Waals surface area contributed by atoms with Gasteiger partial charge in [0, 0.05) is 24.3 Å². The van der Waals surface area contributed by atoms with Gasteiger partial charge in [0.25, 0.3) is 5.91 Å². The van der Waals surface area contributed by atoms with Crippen molar-refractivity contribution in [3.8, 4) is 5.69 Å². The highest BCUT2D eigenvalue weighted by molar-refractivity contribution is 5.94. The molecule has 1 aromatic heterocycles. The first-order valence-corrected chi connectivity index (χ1v) is 9.90. The van der Waals surface area contributed by atoms with E-state index in [1.54, 1.807) is 12.1 Å². The number of fused-ring (bicyclic) bond motifs is 1. The van der Waals surface area contributed by atoms with Gasteiger partial charge in [-0.15, -0.1) is 0 Å². The number of carbonyl (C=O) groups is 1. The van der Waals surface area contributed by atoms with E-state index in [1.807, 2.05) is 9.58 Å². The van der Waals surface area contributed by atoms with Gasteiger partial charge < -0.3 is 4.90 Å². The van der Waals surface area contributed by atoms with Gasteiger partial charge in [0.05, 0.1) is 5.69 Å². The smallest absolute Gasteiger partial charge is 0.274 e. The van der Waals surface area contributed by atoms with E-state index in [2.05, 4.69) is 0 Å². The van der Waals surface area contributed by atoms with Gasteiger partial charge in [0.15, 0.2) is 5.69 Å². The van der Waals surface area contributed by atoms with Crippen LogP contribution in [-0.4, -0.2) is 33.7 Å². The molecule has 0 N–H and O–H groups in total. The summed E-state index contributed by atoms with van der Waals surface area (Å²) in [5.74, 6) is -0.182. The minimum absolute atomic E-state index is 0.0749. The van der Waals surface area contributed by atoms with Crippen LogP contribution in [0.4, 0.5) is 4.39 Å². The fraction of sp³-hybridized carbons (Fsp3) is 0.524. The van der Waals surface area contributed by atoms with Gasteiger partial charge in [-0.2, -0.15) is 5.10 Å². The molecule has 1 saturated heterocycles. The second-order valence-corrected chi connectivity index (χ2v) is 7.43. The van der Waals surface area contributed by atoms with Gasteiger partial charge in [-0.3, -0.25) is 4.79 Å². The van der Waals surface area contributed by atoms with Crippen LogP contribution in [0.1, 0.15) is 66.7 Å². The summed E-state index contributed by atoms with van der Waals surface area (Å²) in [6, 6.07) is 6.40. The van der Waals surface area contributed by atoms with Crippen LogP contribution in [0.25, 0.3) is 5.69 Å². The van der Waals surface area contributed by atoms with Crippen LogP contribution in [-0.2, 0) is 12.8 Å². The van der Waals surface area contributed by atoms with Crippen LogP contribution in [0.5, 0.6) is 0 Å². The first-order chi connectivity index (χ1) is 12.7. The molecular formula is C21H26FN3O. The number of nitrogens with zero attached hydrogens (tertiary/aromatic N) is 3. The Labute approximate surface area is 154 Å². The minimum atomic E-state index is -0.257. The molecule has 1 amide bonds. The number of rotatable bonds is 2. The summed E-state index contributed by atoms with van der Waals surface area (Å²) in [7, 11) is 0. The van der Waals surface area contributed by atoms with Crippen molar-refractivity contribution < 1.29 is 9.18 Å². The molecule has 0 spiro atoms. The number of halogens is 1. The maximum atomic E-state index is 13.3. The van der Waals surface area contributed by atoms with Gasteiger partial charge in [-0.25, -0.2) is 9.07 Å². The SMILES string of the molecule is O=C(c1nn(-c2ccc(F)cc2)c2c1CCCCC2)N1CCCCCC1. The zero-order chi connectivity index (χ0) is 17.9. The Morgan fingerprint density at radius 1 is 0.885 bits per heavy atom. The van der Waals surface area contributed by atoms with E-state index in [4.69, 9.17) is 5.10 Å². The summed E-state index contributed by atoms with van der Waals surface area (Å²) in [6.45, 7) is 1.66. The molecule has 1 aliphatic carbocycles. The minimum Gasteiger partial charge on any atom is -0.337 e. The Morgan fingerprint density at radius 2 is 1.54 bits per heavy atom. The zero-order valence-corrected chi connectivity index (χ0v) is 15.2. The van der Waals surface area contributed by atoms with Gasteiger partial charge in [-0.05, 0) is 62.8 Å². The van der Waals surface area contributed by atoms with Crippen molar-refractivity contribution in [1.82, 2.24) is 14.7 Å². The normalized spacial score (nSPS) is 18.1. The first-order valence-electron chi connectivity index (χ1n) is 9.90. The predicted octanol–water partition coefficient (Wildman–Crippen LogP) is 4.30. The number of benzene rings is 1. The summed E-state index contributed by atoms with van der Waals surface area (Å²) in [5.41, 5.74) is 3.70. The van der Waals surface area contributed by atoms with Crippen molar-refractivity contribution in [3.05, 3.63) is 47.0 Å². The molecule has 2 heterocycles. The number of amides is 1. The van der Waals surface area contributed by atoms with E-state index >= 15 is 0 Å². The fourth-order valence-electron chi connectivity index (χ4n) is 4.17. The van der Waals surface area contributed by atoms with E-state index in [0.29, 0.717) is 5.69 Å². The lowest BCUT2D eigenvalue weighted by molar-refractivity contribution is 0.0754. The molecule has 138 valence electrons. The quantitative estimate of drug-likeness (QED) is 0.754. The van der Waals surface area contributed by atoms with Gasteiger partial charge in [0.1, 0.15) is 5.82 Å². The first kappa shape index (κ1) is 17.3. The Kier molecular flexibility index (Phi) is 5.05. The molecule has 0 saturated carbocycles. The summed E-state index contributed by atoms with van der Waals surface area (Å²) >= 11 is 0. The Hall–Kier alpha value is -2.17. The molecule has 26 heavy (non-hydrogen) atoms. The highest BCUT2D eigenvalue weighted by Crippen LogP contribution is 2.28. The fourth-order valence-corrected chi connectivity index (χ4v) is 4.17. The molecule has 2 aromatic rings. The van der Waals surface area contributed by atoms with E-state index in [0.717, 1.165) is 68.6 Å². The summed E-state index contributed by atoms with van der Waals surface area (Å²) in [6.07, 6.45) is 9.77. The van der Waals surface area contributed by atoms with Crippen molar-refractivity contribution in [2.45, 2.75) is 57.8 Å². The lowest BCUT2D eigenvalue weighted by atomic mass is 10.1. The van der Waals surface area contributed by atoms with Crippen LogP contribution in [0.3, 0.4) is 0 Å². The van der Waals surface area contributed by atoms with Gasteiger partial charge in [-0.1, -0.05) is 19.3 Å². The second-order valence-electron chi connectivity index (χ2n) is 7.43. The Balaban J connectivity index is 1.74. The van der Waals surface area contributed by atoms with Crippen molar-refractivity contribution in [2.75, 3.05) is 13.1 Å². The molecule has 1 fully saturated rings. The standard InChI is InChI=1S/C21H26FN3O/c22-16-10-12-17(13-11-16)25-19-9-5-3-4-8-18(19)20(23-25)21(26)24-14-6-1-2-7-15-24/h10-13H,1-9,14-15H2. The molecule has 1 aromatic carbocycles. The molecular weight excluding hydrogens is 329 g/mol. The van der Waals surface area contributed by atoms with Crippen molar-refractivity contribution in [3.63, 3.8) is 0 Å². The molecule has 2 aliphatic rings. The van der Waals surface area contributed by atoms with E-state index in [9.17, 15) is 9.18 Å². The van der Waals surface area contributed by atoms with Crippen molar-refractivity contribution in [2.24, 2.45) is 0 Å². The number of aromatic nitrogens is 2. The summed E-state index contributed by atoms with van der Waals surface area (Å²) in [5, 5.41) is 4.74. The highest BCUT2D eigenvalue weighted by atomic mass is 19.1. The third-order valence-corrected chi connectivity index (χ3v) is 5.60.